The fourth-order valence-electron chi connectivity index (χ4n) is 5.44. The molecule has 1 aliphatic rings. The summed E-state index contributed by atoms with van der Waals surface area (Å²) in [7, 11) is 1.77. The molecule has 2 atom stereocenters. The van der Waals surface area contributed by atoms with E-state index < -0.39 is 17.8 Å². The number of ether oxygens (including phenoxy) is 2. The maximum atomic E-state index is 13.4. The van der Waals surface area contributed by atoms with Gasteiger partial charge in [-0.1, -0.05) is 67.2 Å². The summed E-state index contributed by atoms with van der Waals surface area (Å²) in [5, 5.41) is 11.1. The first-order valence-corrected chi connectivity index (χ1v) is 15.2. The Bertz CT molecular complexity index is 1820. The van der Waals surface area contributed by atoms with Crippen LogP contribution in [0.1, 0.15) is 55.7 Å². The fourth-order valence-corrected chi connectivity index (χ4v) is 5.44. The lowest BCUT2D eigenvalue weighted by Crippen LogP contribution is -2.44. The number of hydrogen-bond acceptors (Lipinski definition) is 11. The Kier molecular flexibility index (Phi) is 10.4. The van der Waals surface area contributed by atoms with Gasteiger partial charge in [-0.3, -0.25) is 9.59 Å². The average molecular weight is 650 g/mol. The van der Waals surface area contributed by atoms with Gasteiger partial charge in [-0.05, 0) is 48.7 Å². The molecule has 4 aromatic rings. The number of likely N-dealkylation sites (tertiary alicyclic amines) is 1. The van der Waals surface area contributed by atoms with Crippen molar-refractivity contribution in [1.29, 1.82) is 0 Å². The van der Waals surface area contributed by atoms with Crippen LogP contribution in [-0.4, -0.2) is 69.5 Å². The Morgan fingerprint density at radius 2 is 1.54 bits per heavy atom. The monoisotopic (exact) mass is 649 g/mol. The number of aromatic nitrogens is 3. The van der Waals surface area contributed by atoms with E-state index in [4.69, 9.17) is 15.2 Å². The number of amides is 2. The number of rotatable bonds is 12. The van der Waals surface area contributed by atoms with Gasteiger partial charge in [-0.2, -0.15) is 4.98 Å². The lowest BCUT2D eigenvalue weighted by atomic mass is 10.1. The van der Waals surface area contributed by atoms with E-state index in [1.54, 1.807) is 16.8 Å². The predicted molar refractivity (Wildman–Crippen MR) is 177 cm³/mol. The molecule has 0 unspecified atom stereocenters. The van der Waals surface area contributed by atoms with Gasteiger partial charge in [0.05, 0.1) is 17.2 Å². The van der Waals surface area contributed by atoms with Gasteiger partial charge < -0.3 is 30.3 Å². The largest absolute Gasteiger partial charge is 0.457 e. The summed E-state index contributed by atoms with van der Waals surface area (Å²) in [4.78, 5) is 59.2. The number of nitrogens with two attached hydrogens (primary N) is 1. The second-order valence-corrected chi connectivity index (χ2v) is 11.1. The SMILES string of the molecule is C=CC(=O)N1CC[C@@H](N(C)c2nnc(C(N)=O)c(Nc3ccc(C(=O)OCc4ccccc4)c(C(=O)OCc4ccccc4)c3)n2)[C@H]1C. The molecule has 246 valence electrons. The third-order valence-corrected chi connectivity index (χ3v) is 8.04. The Morgan fingerprint density at radius 1 is 0.938 bits per heavy atom. The highest BCUT2D eigenvalue weighted by molar-refractivity contribution is 6.04. The summed E-state index contributed by atoms with van der Waals surface area (Å²) in [6.45, 7) is 6.01. The second-order valence-electron chi connectivity index (χ2n) is 11.1. The van der Waals surface area contributed by atoms with E-state index in [2.05, 4.69) is 27.1 Å². The minimum absolute atomic E-state index is 0.00215. The number of esters is 2. The number of likely N-dealkylation sites (N-methyl/N-ethyl adjacent to an activating group) is 1. The van der Waals surface area contributed by atoms with Crippen LogP contribution in [0.25, 0.3) is 0 Å². The zero-order valence-electron chi connectivity index (χ0n) is 26.5. The average Bonchev–Trinajstić information content (AvgIpc) is 3.50. The molecule has 13 heteroatoms. The van der Waals surface area contributed by atoms with Gasteiger partial charge in [-0.25, -0.2) is 9.59 Å². The summed E-state index contributed by atoms with van der Waals surface area (Å²) >= 11 is 0. The van der Waals surface area contributed by atoms with Crippen LogP contribution in [0.15, 0.2) is 91.5 Å². The topological polar surface area (TPSA) is 170 Å². The highest BCUT2D eigenvalue weighted by Crippen LogP contribution is 2.28. The molecule has 5 rings (SSSR count). The van der Waals surface area contributed by atoms with Crippen LogP contribution < -0.4 is 16.0 Å². The molecule has 1 saturated heterocycles. The number of primary amides is 1. The van der Waals surface area contributed by atoms with Crippen molar-refractivity contribution in [3.05, 3.63) is 119 Å². The van der Waals surface area contributed by atoms with Crippen molar-refractivity contribution in [3.8, 4) is 0 Å². The first kappa shape index (κ1) is 33.3. The van der Waals surface area contributed by atoms with Crippen LogP contribution in [0.3, 0.4) is 0 Å². The Labute approximate surface area is 277 Å². The zero-order chi connectivity index (χ0) is 34.2. The lowest BCUT2D eigenvalue weighted by molar-refractivity contribution is -0.126. The van der Waals surface area contributed by atoms with E-state index in [1.165, 1.54) is 24.3 Å². The standard InChI is InChI=1S/C35H35N7O6/c1-4-29(43)42-18-17-28(22(42)2)41(3)35-38-32(30(31(36)44)39-40-35)37-25-15-16-26(33(45)47-20-23-11-7-5-8-12-23)27(19-25)34(46)48-21-24-13-9-6-10-14-24/h4-16,19,22,28H,1,17-18,20-21H2,2-3H3,(H2,36,44)(H,37,38,40)/t22-,28-/m1/s1. The summed E-state index contributed by atoms with van der Waals surface area (Å²) in [5.74, 6) is -2.39. The van der Waals surface area contributed by atoms with Crippen LogP contribution in [-0.2, 0) is 27.5 Å². The van der Waals surface area contributed by atoms with Crippen LogP contribution in [0.5, 0.6) is 0 Å². The van der Waals surface area contributed by atoms with Crippen LogP contribution >= 0.6 is 0 Å². The number of hydrogen-bond donors (Lipinski definition) is 2. The van der Waals surface area contributed by atoms with Gasteiger partial charge in [-0.15, -0.1) is 10.2 Å². The highest BCUT2D eigenvalue weighted by atomic mass is 16.5. The van der Waals surface area contributed by atoms with E-state index in [9.17, 15) is 19.2 Å². The quantitative estimate of drug-likeness (QED) is 0.168. The van der Waals surface area contributed by atoms with Crippen molar-refractivity contribution in [2.75, 3.05) is 23.8 Å². The van der Waals surface area contributed by atoms with Gasteiger partial charge in [0.15, 0.2) is 11.5 Å². The summed E-state index contributed by atoms with van der Waals surface area (Å²) in [5.41, 5.74) is 7.10. The Morgan fingerprint density at radius 3 is 2.12 bits per heavy atom. The highest BCUT2D eigenvalue weighted by Gasteiger charge is 2.36. The molecule has 13 nitrogen and oxygen atoms in total. The summed E-state index contributed by atoms with van der Waals surface area (Å²) < 4.78 is 11.1. The van der Waals surface area contributed by atoms with Gasteiger partial charge in [0.2, 0.25) is 11.9 Å². The van der Waals surface area contributed by atoms with Crippen molar-refractivity contribution in [3.63, 3.8) is 0 Å². The van der Waals surface area contributed by atoms with Crippen molar-refractivity contribution in [1.82, 2.24) is 20.1 Å². The number of benzene rings is 3. The van der Waals surface area contributed by atoms with Crippen molar-refractivity contribution in [2.45, 2.75) is 38.6 Å². The molecule has 1 aromatic heterocycles. The molecule has 0 saturated carbocycles. The summed E-state index contributed by atoms with van der Waals surface area (Å²) in [6.07, 6.45) is 1.93. The smallest absolute Gasteiger partial charge is 0.339 e. The number of nitrogens with one attached hydrogen (secondary N) is 1. The van der Waals surface area contributed by atoms with E-state index >= 15 is 0 Å². The van der Waals surface area contributed by atoms with Crippen LogP contribution in [0, 0.1) is 0 Å². The fraction of sp³-hybridized carbons (Fsp3) is 0.229. The first-order valence-electron chi connectivity index (χ1n) is 15.2. The molecule has 2 amide bonds. The van der Waals surface area contributed by atoms with Gasteiger partial charge in [0.1, 0.15) is 13.2 Å². The van der Waals surface area contributed by atoms with E-state index in [0.29, 0.717) is 13.0 Å². The predicted octanol–water partition coefficient (Wildman–Crippen LogP) is 4.04. The molecule has 0 aliphatic carbocycles. The summed E-state index contributed by atoms with van der Waals surface area (Å²) in [6, 6.07) is 22.3. The van der Waals surface area contributed by atoms with Crippen molar-refractivity contribution < 1.29 is 28.7 Å². The van der Waals surface area contributed by atoms with Crippen LogP contribution in [0.2, 0.25) is 0 Å². The molecule has 3 aromatic carbocycles. The van der Waals surface area contributed by atoms with Crippen molar-refractivity contribution in [2.24, 2.45) is 5.73 Å². The molecular weight excluding hydrogens is 614 g/mol. The van der Waals surface area contributed by atoms with Gasteiger partial charge in [0, 0.05) is 25.3 Å². The molecule has 48 heavy (non-hydrogen) atoms. The normalized spacial score (nSPS) is 15.3. The number of carbonyl (C=O) groups is 4. The molecule has 0 bridgehead atoms. The Hall–Kier alpha value is -6.11. The molecule has 0 radical (unpaired) electrons. The van der Waals surface area contributed by atoms with Gasteiger partial charge >= 0.3 is 11.9 Å². The molecule has 1 aliphatic heterocycles. The third-order valence-electron chi connectivity index (χ3n) is 8.04. The second kappa shape index (κ2) is 15.0. The number of nitrogens with zero attached hydrogens (tertiary/aromatic N) is 5. The minimum Gasteiger partial charge on any atom is -0.457 e. The van der Waals surface area contributed by atoms with E-state index in [-0.39, 0.29) is 65.5 Å². The number of carbonyl (C=O) groups excluding carboxylic acids is 4. The molecule has 0 spiro atoms. The van der Waals surface area contributed by atoms with E-state index in [1.807, 2.05) is 67.6 Å². The zero-order valence-corrected chi connectivity index (χ0v) is 26.5. The Balaban J connectivity index is 1.43. The lowest BCUT2D eigenvalue weighted by Gasteiger charge is -2.30. The molecule has 2 heterocycles. The first-order chi connectivity index (χ1) is 23.2. The van der Waals surface area contributed by atoms with Crippen LogP contribution in [0.4, 0.5) is 17.5 Å². The molecular formula is C35H35N7O6. The molecule has 3 N–H and O–H groups in total. The number of anilines is 3. The maximum Gasteiger partial charge on any atom is 0.339 e. The maximum absolute atomic E-state index is 13.4. The third kappa shape index (κ3) is 7.64. The van der Waals surface area contributed by atoms with Gasteiger partial charge in [0.25, 0.3) is 5.91 Å². The molecule has 1 fully saturated rings. The van der Waals surface area contributed by atoms with Crippen molar-refractivity contribution >= 4 is 41.2 Å². The van der Waals surface area contributed by atoms with E-state index in [0.717, 1.165) is 11.1 Å². The minimum atomic E-state index is -0.882.